The topological polar surface area (TPSA) is 34.1 Å². The van der Waals surface area contributed by atoms with Gasteiger partial charge in [0.1, 0.15) is 0 Å². The van der Waals surface area contributed by atoms with Crippen LogP contribution in [0.25, 0.3) is 0 Å². The van der Waals surface area contributed by atoms with Crippen molar-refractivity contribution in [1.29, 1.82) is 0 Å². The molecule has 1 aromatic carbocycles. The van der Waals surface area contributed by atoms with Crippen molar-refractivity contribution < 1.29 is 8.42 Å². The first-order chi connectivity index (χ1) is 9.27. The number of sulfone groups is 1. The maximum absolute atomic E-state index is 12.0. The molecule has 6 heteroatoms. The van der Waals surface area contributed by atoms with Crippen LogP contribution in [0.2, 0.25) is 5.02 Å². The van der Waals surface area contributed by atoms with Crippen molar-refractivity contribution in [3.05, 3.63) is 34.9 Å². The molecule has 0 unspecified atom stereocenters. The van der Waals surface area contributed by atoms with E-state index in [0.29, 0.717) is 11.4 Å². The van der Waals surface area contributed by atoms with Crippen LogP contribution in [0.4, 0.5) is 0 Å². The molecule has 0 spiro atoms. The Kier molecular flexibility index (Phi) is 6.65. The Labute approximate surface area is 136 Å². The van der Waals surface area contributed by atoms with Gasteiger partial charge in [0.25, 0.3) is 0 Å². The smallest absolute Gasteiger partial charge is 0.152 e. The van der Waals surface area contributed by atoms with Gasteiger partial charge in [0.05, 0.1) is 11.0 Å². The molecule has 0 amide bonds. The van der Waals surface area contributed by atoms with Crippen molar-refractivity contribution in [3.63, 3.8) is 0 Å². The first-order valence-corrected chi connectivity index (χ1v) is 9.53. The zero-order valence-electron chi connectivity index (χ0n) is 11.6. The van der Waals surface area contributed by atoms with Gasteiger partial charge in [-0.2, -0.15) is 0 Å². The van der Waals surface area contributed by atoms with Crippen molar-refractivity contribution in [2.75, 3.05) is 17.5 Å². The molecule has 1 aromatic rings. The molecule has 1 rings (SSSR count). The first kappa shape index (κ1) is 18.1. The monoisotopic (exact) mass is 356 g/mol. The van der Waals surface area contributed by atoms with E-state index in [0.717, 1.165) is 5.56 Å². The summed E-state index contributed by atoms with van der Waals surface area (Å²) in [5.41, 5.74) is 0.310. The van der Waals surface area contributed by atoms with E-state index in [9.17, 15) is 8.42 Å². The minimum Gasteiger partial charge on any atom is -0.229 e. The van der Waals surface area contributed by atoms with Crippen LogP contribution in [0.1, 0.15) is 25.8 Å². The zero-order chi connectivity index (χ0) is 15.4. The fourth-order valence-corrected chi connectivity index (χ4v) is 4.06. The third-order valence-electron chi connectivity index (χ3n) is 3.53. The summed E-state index contributed by atoms with van der Waals surface area (Å²) >= 11 is 18.2. The highest BCUT2D eigenvalue weighted by Crippen LogP contribution is 2.33. The highest BCUT2D eigenvalue weighted by molar-refractivity contribution is 7.91. The number of rotatable bonds is 7. The highest BCUT2D eigenvalue weighted by Gasteiger charge is 2.33. The second-order valence-electron chi connectivity index (χ2n) is 5.22. The lowest BCUT2D eigenvalue weighted by Crippen LogP contribution is -2.34. The second-order valence-corrected chi connectivity index (χ2v) is 8.87. The lowest BCUT2D eigenvalue weighted by molar-refractivity contribution is 0.509. The van der Waals surface area contributed by atoms with Gasteiger partial charge in [-0.3, -0.25) is 0 Å². The normalized spacial score (nSPS) is 12.9. The molecule has 0 N–H and O–H groups in total. The SMILES string of the molecule is CC(C)S(=O)(=O)CCC(CCl)(CCl)c1cccc(Cl)c1. The Bertz CT molecular complexity index is 537. The van der Waals surface area contributed by atoms with Crippen LogP contribution in [0.5, 0.6) is 0 Å². The maximum atomic E-state index is 12.0. The van der Waals surface area contributed by atoms with E-state index < -0.39 is 20.5 Å². The Morgan fingerprint density at radius 2 is 1.80 bits per heavy atom. The molecule has 2 nitrogen and oxygen atoms in total. The van der Waals surface area contributed by atoms with Gasteiger partial charge in [-0.25, -0.2) is 8.42 Å². The van der Waals surface area contributed by atoms with Crippen LogP contribution in [-0.2, 0) is 15.3 Å². The van der Waals surface area contributed by atoms with Crippen molar-refractivity contribution in [1.82, 2.24) is 0 Å². The number of halogens is 3. The molecule has 0 heterocycles. The number of benzene rings is 1. The summed E-state index contributed by atoms with van der Waals surface area (Å²) in [5, 5.41) is 0.194. The Morgan fingerprint density at radius 3 is 2.25 bits per heavy atom. The predicted octanol–water partition coefficient (Wildman–Crippen LogP) is 4.27. The molecule has 0 atom stereocenters. The highest BCUT2D eigenvalue weighted by atomic mass is 35.5. The van der Waals surface area contributed by atoms with Crippen LogP contribution in [0.15, 0.2) is 24.3 Å². The summed E-state index contributed by atoms with van der Waals surface area (Å²) in [5.74, 6) is 0.575. The molecule has 114 valence electrons. The van der Waals surface area contributed by atoms with Crippen molar-refractivity contribution in [2.24, 2.45) is 0 Å². The van der Waals surface area contributed by atoms with Crippen LogP contribution in [-0.4, -0.2) is 31.2 Å². The molecular weight excluding hydrogens is 339 g/mol. The van der Waals surface area contributed by atoms with Crippen LogP contribution < -0.4 is 0 Å². The molecule has 0 fully saturated rings. The molecule has 0 aromatic heterocycles. The van der Waals surface area contributed by atoms with E-state index in [4.69, 9.17) is 34.8 Å². The average molecular weight is 358 g/mol. The molecule has 20 heavy (non-hydrogen) atoms. The summed E-state index contributed by atoms with van der Waals surface area (Å²) in [4.78, 5) is 0. The number of hydrogen-bond acceptors (Lipinski definition) is 2. The fourth-order valence-electron chi connectivity index (χ4n) is 1.86. The summed E-state index contributed by atoms with van der Waals surface area (Å²) < 4.78 is 24.0. The minimum absolute atomic E-state index is 0.0661. The minimum atomic E-state index is -3.12. The Hall–Kier alpha value is 0.0400. The predicted molar refractivity (Wildman–Crippen MR) is 88.1 cm³/mol. The zero-order valence-corrected chi connectivity index (χ0v) is 14.7. The van der Waals surface area contributed by atoms with E-state index in [2.05, 4.69) is 0 Å². The van der Waals surface area contributed by atoms with Gasteiger partial charge in [0, 0.05) is 22.2 Å². The summed E-state index contributed by atoms with van der Waals surface area (Å²) in [7, 11) is -3.12. The maximum Gasteiger partial charge on any atom is 0.152 e. The quantitative estimate of drug-likeness (QED) is 0.683. The van der Waals surface area contributed by atoms with Gasteiger partial charge in [0.15, 0.2) is 9.84 Å². The van der Waals surface area contributed by atoms with Crippen molar-refractivity contribution in [3.8, 4) is 0 Å². The molecule has 0 saturated heterocycles. The second kappa shape index (κ2) is 7.35. The summed E-state index contributed by atoms with van der Waals surface area (Å²) in [6.45, 7) is 3.36. The largest absolute Gasteiger partial charge is 0.229 e. The van der Waals surface area contributed by atoms with Gasteiger partial charge >= 0.3 is 0 Å². The molecular formula is C14H19Cl3O2S. The first-order valence-electron chi connectivity index (χ1n) is 6.37. The van der Waals surface area contributed by atoms with Gasteiger partial charge in [-0.05, 0) is 38.0 Å². The molecule has 0 saturated carbocycles. The van der Waals surface area contributed by atoms with Gasteiger partial charge in [-0.15, -0.1) is 23.2 Å². The summed E-state index contributed by atoms with van der Waals surface area (Å²) in [6.07, 6.45) is 0.390. The van der Waals surface area contributed by atoms with Crippen LogP contribution >= 0.6 is 34.8 Å². The van der Waals surface area contributed by atoms with Crippen LogP contribution in [0, 0.1) is 0 Å². The Morgan fingerprint density at radius 1 is 1.20 bits per heavy atom. The molecule has 0 aliphatic rings. The number of hydrogen-bond donors (Lipinski definition) is 0. The lowest BCUT2D eigenvalue weighted by Gasteiger charge is -2.30. The Balaban J connectivity index is 3.05. The fraction of sp³-hybridized carbons (Fsp3) is 0.571. The molecule has 0 aliphatic heterocycles. The summed E-state index contributed by atoms with van der Waals surface area (Å²) in [6, 6.07) is 7.28. The molecule has 0 aliphatic carbocycles. The van der Waals surface area contributed by atoms with E-state index >= 15 is 0 Å². The van der Waals surface area contributed by atoms with E-state index in [1.165, 1.54) is 0 Å². The van der Waals surface area contributed by atoms with Gasteiger partial charge in [0.2, 0.25) is 0 Å². The van der Waals surface area contributed by atoms with Gasteiger partial charge < -0.3 is 0 Å². The standard InChI is InChI=1S/C14H19Cl3O2S/c1-11(2)20(18,19)7-6-14(9-15,10-16)12-4-3-5-13(17)8-12/h3-5,8,11H,6-7,9-10H2,1-2H3. The van der Waals surface area contributed by atoms with E-state index in [-0.39, 0.29) is 17.5 Å². The van der Waals surface area contributed by atoms with E-state index in [1.807, 2.05) is 12.1 Å². The average Bonchev–Trinajstić information content (AvgIpc) is 2.40. The van der Waals surface area contributed by atoms with Gasteiger partial charge in [-0.1, -0.05) is 23.7 Å². The third kappa shape index (κ3) is 4.27. The van der Waals surface area contributed by atoms with Crippen LogP contribution in [0.3, 0.4) is 0 Å². The lowest BCUT2D eigenvalue weighted by atomic mass is 9.82. The number of alkyl halides is 2. The van der Waals surface area contributed by atoms with Crippen molar-refractivity contribution >= 4 is 44.6 Å². The molecule has 0 radical (unpaired) electrons. The van der Waals surface area contributed by atoms with E-state index in [1.54, 1.807) is 26.0 Å². The third-order valence-corrected chi connectivity index (χ3v) is 7.00. The molecule has 0 bridgehead atoms. The van der Waals surface area contributed by atoms with Crippen molar-refractivity contribution in [2.45, 2.75) is 30.9 Å².